The Morgan fingerprint density at radius 3 is 2.32 bits per heavy atom. The first-order chi connectivity index (χ1) is 15.7. The molecule has 0 bridgehead atoms. The average Bonchev–Trinajstić information content (AvgIpc) is 2.77. The van der Waals surface area contributed by atoms with Gasteiger partial charge in [-0.25, -0.2) is 8.42 Å². The van der Waals surface area contributed by atoms with E-state index in [0.717, 1.165) is 19.7 Å². The van der Waals surface area contributed by atoms with Gasteiger partial charge in [0.05, 0.1) is 18.1 Å². The zero-order valence-corrected chi connectivity index (χ0v) is 22.2. The van der Waals surface area contributed by atoms with Crippen molar-refractivity contribution in [1.29, 1.82) is 0 Å². The highest BCUT2D eigenvalue weighted by Gasteiger charge is 2.38. The minimum atomic E-state index is -4.00. The fraction of sp³-hybridized carbons (Fsp3) is 0.458. The first-order valence-corrected chi connectivity index (χ1v) is 13.3. The number of aryl methyl sites for hydroxylation is 1. The fourth-order valence-electron chi connectivity index (χ4n) is 3.84. The van der Waals surface area contributed by atoms with Gasteiger partial charge in [0.2, 0.25) is 10.0 Å². The molecule has 0 amide bonds. The number of morpholine rings is 1. The fourth-order valence-corrected chi connectivity index (χ4v) is 6.49. The van der Waals surface area contributed by atoms with Crippen molar-refractivity contribution in [2.24, 2.45) is 5.92 Å². The Balaban J connectivity index is 0.00000408. The molecule has 7 nitrogen and oxygen atoms in total. The summed E-state index contributed by atoms with van der Waals surface area (Å²) in [5.41, 5.74) is 1.16. The molecule has 2 aromatic carbocycles. The van der Waals surface area contributed by atoms with Crippen molar-refractivity contribution in [3.05, 3.63) is 54.1 Å². The first kappa shape index (κ1) is 28.6. The average molecular weight is 529 g/mol. The number of benzene rings is 2. The van der Waals surface area contributed by atoms with Crippen molar-refractivity contribution in [3.63, 3.8) is 0 Å². The van der Waals surface area contributed by atoms with Gasteiger partial charge >= 0.3 is 5.97 Å². The lowest BCUT2D eigenvalue weighted by Crippen LogP contribution is -2.51. The molecule has 1 aliphatic rings. The number of carboxylic acids is 1. The zero-order valence-electron chi connectivity index (χ0n) is 19.7. The lowest BCUT2D eigenvalue weighted by molar-refractivity contribution is -0.143. The minimum absolute atomic E-state index is 0. The number of halogens is 1. The molecule has 1 heterocycles. The number of sulfonamides is 1. The third kappa shape index (κ3) is 7.44. The number of nitrogens with zero attached hydrogens (tertiary/aromatic N) is 2. The Morgan fingerprint density at radius 2 is 1.76 bits per heavy atom. The molecule has 34 heavy (non-hydrogen) atoms. The summed E-state index contributed by atoms with van der Waals surface area (Å²) in [6, 6.07) is 13.6. The topological polar surface area (TPSA) is 87.2 Å². The van der Waals surface area contributed by atoms with Gasteiger partial charge in [-0.3, -0.25) is 9.69 Å². The zero-order chi connectivity index (χ0) is 24.0. The Hall–Kier alpha value is -1.62. The molecule has 1 N–H and O–H groups in total. The maximum Gasteiger partial charge on any atom is 0.322 e. The van der Waals surface area contributed by atoms with Gasteiger partial charge in [0, 0.05) is 36.0 Å². The van der Waals surface area contributed by atoms with Crippen LogP contribution < -0.4 is 0 Å². The van der Waals surface area contributed by atoms with Crippen molar-refractivity contribution in [2.75, 3.05) is 39.4 Å². The van der Waals surface area contributed by atoms with Crippen molar-refractivity contribution < 1.29 is 23.1 Å². The highest BCUT2D eigenvalue weighted by Crippen LogP contribution is 2.30. The summed E-state index contributed by atoms with van der Waals surface area (Å²) in [6.45, 7) is 8.67. The summed E-state index contributed by atoms with van der Waals surface area (Å²) in [6.07, 6.45) is 0. The smallest absolute Gasteiger partial charge is 0.322 e. The highest BCUT2D eigenvalue weighted by atomic mass is 35.5. The van der Waals surface area contributed by atoms with Gasteiger partial charge in [0.25, 0.3) is 0 Å². The Morgan fingerprint density at radius 1 is 1.12 bits per heavy atom. The van der Waals surface area contributed by atoms with Crippen LogP contribution in [-0.4, -0.2) is 74.1 Å². The molecular weight excluding hydrogens is 496 g/mol. The predicted octanol–water partition coefficient (Wildman–Crippen LogP) is 4.00. The molecule has 1 aliphatic heterocycles. The number of ether oxygens (including phenoxy) is 1. The Kier molecular flexibility index (Phi) is 10.9. The molecule has 1 fully saturated rings. The molecule has 0 aromatic heterocycles. The van der Waals surface area contributed by atoms with E-state index in [1.165, 1.54) is 0 Å². The molecule has 10 heteroatoms. The molecule has 0 spiro atoms. The van der Waals surface area contributed by atoms with Gasteiger partial charge in [0.15, 0.2) is 0 Å². The SMILES string of the molecule is Cc1cccc(Sc2ccc(S(=O)(=O)N(CCN3CCOCC3)[C@@H](C(=O)O)C(C)C)cc2)c1.Cl. The number of carboxylic acid groups (broad SMARTS) is 1. The first-order valence-electron chi connectivity index (χ1n) is 11.1. The summed E-state index contributed by atoms with van der Waals surface area (Å²) in [5.74, 6) is -1.51. The van der Waals surface area contributed by atoms with Crippen molar-refractivity contribution >= 4 is 40.2 Å². The van der Waals surface area contributed by atoms with Crippen LogP contribution in [-0.2, 0) is 19.6 Å². The molecule has 0 radical (unpaired) electrons. The standard InChI is InChI=1S/C24H32N2O5S2.ClH/c1-18(2)23(24(27)28)26(12-11-25-13-15-31-16-14-25)33(29,30)22-9-7-20(8-10-22)32-21-6-4-5-19(3)17-21;/h4-10,17-18,23H,11-16H2,1-3H3,(H,27,28);1H/t23-;/m1./s1. The largest absolute Gasteiger partial charge is 0.480 e. The third-order valence-corrected chi connectivity index (χ3v) is 8.48. The summed E-state index contributed by atoms with van der Waals surface area (Å²) in [4.78, 5) is 16.2. The van der Waals surface area contributed by atoms with E-state index in [-0.39, 0.29) is 29.8 Å². The van der Waals surface area contributed by atoms with Crippen LogP contribution in [0.5, 0.6) is 0 Å². The summed E-state index contributed by atoms with van der Waals surface area (Å²) < 4.78 is 33.7. The molecule has 1 saturated heterocycles. The van der Waals surface area contributed by atoms with Gasteiger partial charge in [0.1, 0.15) is 6.04 Å². The number of hydrogen-bond acceptors (Lipinski definition) is 6. The van der Waals surface area contributed by atoms with Crippen LogP contribution in [0, 0.1) is 12.8 Å². The number of rotatable bonds is 10. The second kappa shape index (κ2) is 12.9. The van der Waals surface area contributed by atoms with E-state index >= 15 is 0 Å². The Labute approximate surface area is 212 Å². The molecule has 2 aromatic rings. The van der Waals surface area contributed by atoms with E-state index in [1.807, 2.05) is 25.1 Å². The molecule has 0 saturated carbocycles. The number of hydrogen-bond donors (Lipinski definition) is 1. The van der Waals surface area contributed by atoms with E-state index in [1.54, 1.807) is 49.9 Å². The van der Waals surface area contributed by atoms with Crippen LogP contribution >= 0.6 is 24.2 Å². The molecule has 1 atom stereocenters. The van der Waals surface area contributed by atoms with Crippen molar-refractivity contribution in [2.45, 2.75) is 41.5 Å². The number of aliphatic carboxylic acids is 1. The molecule has 0 unspecified atom stereocenters. The van der Waals surface area contributed by atoms with E-state index in [2.05, 4.69) is 11.0 Å². The summed E-state index contributed by atoms with van der Waals surface area (Å²) in [7, 11) is -4.00. The van der Waals surface area contributed by atoms with E-state index in [0.29, 0.717) is 32.8 Å². The van der Waals surface area contributed by atoms with E-state index < -0.39 is 22.0 Å². The third-order valence-electron chi connectivity index (χ3n) is 5.59. The Bertz CT molecular complexity index is 1040. The lowest BCUT2D eigenvalue weighted by atomic mass is 10.0. The van der Waals surface area contributed by atoms with Crippen LogP contribution in [0.2, 0.25) is 0 Å². The van der Waals surface area contributed by atoms with Gasteiger partial charge in [-0.1, -0.05) is 43.3 Å². The van der Waals surface area contributed by atoms with Gasteiger partial charge < -0.3 is 9.84 Å². The normalized spacial score (nSPS) is 15.8. The van der Waals surface area contributed by atoms with Crippen LogP contribution in [0.1, 0.15) is 19.4 Å². The van der Waals surface area contributed by atoms with Crippen molar-refractivity contribution in [1.82, 2.24) is 9.21 Å². The van der Waals surface area contributed by atoms with E-state index in [4.69, 9.17) is 4.74 Å². The van der Waals surface area contributed by atoms with Gasteiger partial charge in [-0.15, -0.1) is 12.4 Å². The molecule has 0 aliphatic carbocycles. The molecular formula is C24H33ClN2O5S2. The van der Waals surface area contributed by atoms with E-state index in [9.17, 15) is 18.3 Å². The predicted molar refractivity (Wildman–Crippen MR) is 136 cm³/mol. The van der Waals surface area contributed by atoms with Gasteiger partial charge in [-0.05, 0) is 49.2 Å². The quantitative estimate of drug-likeness (QED) is 0.498. The van der Waals surface area contributed by atoms with Gasteiger partial charge in [-0.2, -0.15) is 4.31 Å². The second-order valence-electron chi connectivity index (χ2n) is 8.49. The van der Waals surface area contributed by atoms with Crippen molar-refractivity contribution in [3.8, 4) is 0 Å². The number of carbonyl (C=O) groups is 1. The highest BCUT2D eigenvalue weighted by molar-refractivity contribution is 7.99. The van der Waals surface area contributed by atoms with Crippen LogP contribution in [0.3, 0.4) is 0 Å². The summed E-state index contributed by atoms with van der Waals surface area (Å²) in [5, 5.41) is 9.85. The second-order valence-corrected chi connectivity index (χ2v) is 11.5. The molecule has 3 rings (SSSR count). The maximum atomic E-state index is 13.6. The monoisotopic (exact) mass is 528 g/mol. The van der Waals surface area contributed by atoms with Crippen LogP contribution in [0.4, 0.5) is 0 Å². The minimum Gasteiger partial charge on any atom is -0.480 e. The summed E-state index contributed by atoms with van der Waals surface area (Å²) >= 11 is 1.55. The molecule has 188 valence electrons. The lowest BCUT2D eigenvalue weighted by Gasteiger charge is -2.33. The van der Waals surface area contributed by atoms with Crippen LogP contribution in [0.25, 0.3) is 0 Å². The maximum absolute atomic E-state index is 13.6. The van der Waals surface area contributed by atoms with Crippen LogP contribution in [0.15, 0.2) is 63.2 Å².